The van der Waals surface area contributed by atoms with E-state index in [1.807, 2.05) is 24.3 Å². The van der Waals surface area contributed by atoms with E-state index in [0.29, 0.717) is 12.3 Å². The molecule has 0 radical (unpaired) electrons. The van der Waals surface area contributed by atoms with Gasteiger partial charge in [-0.15, -0.1) is 0 Å². The summed E-state index contributed by atoms with van der Waals surface area (Å²) in [6.45, 7) is 0.756. The van der Waals surface area contributed by atoms with Crippen LogP contribution in [0.5, 0.6) is 0 Å². The second-order valence-electron chi connectivity index (χ2n) is 4.02. The minimum absolute atomic E-state index is 0.0145. The Morgan fingerprint density at radius 2 is 2.05 bits per heavy atom. The van der Waals surface area contributed by atoms with E-state index in [2.05, 4.69) is 5.32 Å². The standard InChI is InChI=1S/C14H16N2O3/c15-8-11-3-5-12(6-4-11)16-14(17)10-18-9-13-2-1-7-19-13/h1-7H,8-10,15H2,(H,16,17). The molecule has 5 heteroatoms. The van der Waals surface area contributed by atoms with Gasteiger partial charge in [0.15, 0.2) is 0 Å². The van der Waals surface area contributed by atoms with Crippen LogP contribution in [0.15, 0.2) is 47.1 Å². The number of hydrogen-bond donors (Lipinski definition) is 2. The number of hydrogen-bond acceptors (Lipinski definition) is 4. The molecule has 0 bridgehead atoms. The van der Waals surface area contributed by atoms with Crippen LogP contribution in [0.1, 0.15) is 11.3 Å². The number of nitrogens with two attached hydrogens (primary N) is 1. The zero-order valence-corrected chi connectivity index (χ0v) is 10.5. The largest absolute Gasteiger partial charge is 0.467 e. The van der Waals surface area contributed by atoms with Crippen molar-refractivity contribution in [1.29, 1.82) is 0 Å². The lowest BCUT2D eigenvalue weighted by molar-refractivity contribution is -0.121. The van der Waals surface area contributed by atoms with E-state index in [0.717, 1.165) is 11.3 Å². The van der Waals surface area contributed by atoms with Crippen molar-refractivity contribution in [2.45, 2.75) is 13.2 Å². The summed E-state index contributed by atoms with van der Waals surface area (Å²) in [6, 6.07) is 10.9. The van der Waals surface area contributed by atoms with E-state index in [-0.39, 0.29) is 19.1 Å². The maximum absolute atomic E-state index is 11.6. The van der Waals surface area contributed by atoms with E-state index < -0.39 is 0 Å². The van der Waals surface area contributed by atoms with Crippen molar-refractivity contribution in [1.82, 2.24) is 0 Å². The van der Waals surface area contributed by atoms with Crippen molar-refractivity contribution in [2.24, 2.45) is 5.73 Å². The van der Waals surface area contributed by atoms with Crippen molar-refractivity contribution in [3.8, 4) is 0 Å². The van der Waals surface area contributed by atoms with Crippen LogP contribution in [-0.2, 0) is 22.7 Å². The summed E-state index contributed by atoms with van der Waals surface area (Å²) < 4.78 is 10.3. The number of ether oxygens (including phenoxy) is 1. The van der Waals surface area contributed by atoms with Crippen molar-refractivity contribution in [3.63, 3.8) is 0 Å². The minimum atomic E-state index is -0.202. The molecule has 0 atom stereocenters. The van der Waals surface area contributed by atoms with Gasteiger partial charge in [-0.1, -0.05) is 12.1 Å². The highest BCUT2D eigenvalue weighted by molar-refractivity contribution is 5.91. The number of carbonyl (C=O) groups excluding carboxylic acids is 1. The fraction of sp³-hybridized carbons (Fsp3) is 0.214. The first kappa shape index (κ1) is 13.3. The molecule has 1 aromatic carbocycles. The Labute approximate surface area is 111 Å². The smallest absolute Gasteiger partial charge is 0.250 e. The summed E-state index contributed by atoms with van der Waals surface area (Å²) in [4.78, 5) is 11.6. The molecular formula is C14H16N2O3. The number of furan rings is 1. The van der Waals surface area contributed by atoms with Crippen molar-refractivity contribution in [2.75, 3.05) is 11.9 Å². The van der Waals surface area contributed by atoms with Gasteiger partial charge in [-0.3, -0.25) is 4.79 Å². The molecule has 1 aromatic heterocycles. The second-order valence-corrected chi connectivity index (χ2v) is 4.02. The molecule has 2 aromatic rings. The zero-order valence-electron chi connectivity index (χ0n) is 10.5. The average Bonchev–Trinajstić information content (AvgIpc) is 2.93. The quantitative estimate of drug-likeness (QED) is 0.831. The predicted molar refractivity (Wildman–Crippen MR) is 71.3 cm³/mol. The Morgan fingerprint density at radius 1 is 1.26 bits per heavy atom. The fourth-order valence-electron chi connectivity index (χ4n) is 1.56. The van der Waals surface area contributed by atoms with Gasteiger partial charge in [0.1, 0.15) is 19.0 Å². The Kier molecular flexibility index (Phi) is 4.72. The molecule has 0 spiro atoms. The van der Waals surface area contributed by atoms with Gasteiger partial charge in [-0.25, -0.2) is 0 Å². The molecule has 0 unspecified atom stereocenters. The van der Waals surface area contributed by atoms with Crippen LogP contribution in [0.2, 0.25) is 0 Å². The minimum Gasteiger partial charge on any atom is -0.467 e. The van der Waals surface area contributed by atoms with Gasteiger partial charge in [-0.2, -0.15) is 0 Å². The number of benzene rings is 1. The van der Waals surface area contributed by atoms with Gasteiger partial charge >= 0.3 is 0 Å². The maximum Gasteiger partial charge on any atom is 0.250 e. The first-order chi connectivity index (χ1) is 9.28. The highest BCUT2D eigenvalue weighted by Crippen LogP contribution is 2.09. The summed E-state index contributed by atoms with van der Waals surface area (Å²) >= 11 is 0. The van der Waals surface area contributed by atoms with Crippen LogP contribution in [0.25, 0.3) is 0 Å². The van der Waals surface area contributed by atoms with Crippen LogP contribution in [0.4, 0.5) is 5.69 Å². The van der Waals surface area contributed by atoms with Crippen LogP contribution in [-0.4, -0.2) is 12.5 Å². The number of nitrogens with one attached hydrogen (secondary N) is 1. The predicted octanol–water partition coefficient (Wildman–Crippen LogP) is 1.89. The monoisotopic (exact) mass is 260 g/mol. The molecule has 100 valence electrons. The first-order valence-electron chi connectivity index (χ1n) is 5.97. The van der Waals surface area contributed by atoms with E-state index in [9.17, 15) is 4.79 Å². The number of carbonyl (C=O) groups is 1. The van der Waals surface area contributed by atoms with Gasteiger partial charge < -0.3 is 20.2 Å². The summed E-state index contributed by atoms with van der Waals surface area (Å²) in [5, 5.41) is 2.74. The molecule has 19 heavy (non-hydrogen) atoms. The van der Waals surface area contributed by atoms with Crippen molar-refractivity contribution in [3.05, 3.63) is 54.0 Å². The van der Waals surface area contributed by atoms with Gasteiger partial charge in [0.05, 0.1) is 6.26 Å². The van der Waals surface area contributed by atoms with Crippen LogP contribution >= 0.6 is 0 Å². The molecule has 1 amide bonds. The zero-order chi connectivity index (χ0) is 13.5. The third-order valence-corrected chi connectivity index (χ3v) is 2.53. The molecule has 5 nitrogen and oxygen atoms in total. The lowest BCUT2D eigenvalue weighted by Crippen LogP contribution is -2.18. The van der Waals surface area contributed by atoms with E-state index >= 15 is 0 Å². The lowest BCUT2D eigenvalue weighted by Gasteiger charge is -2.06. The summed E-state index contributed by atoms with van der Waals surface area (Å²) in [5.74, 6) is 0.493. The number of rotatable bonds is 6. The first-order valence-corrected chi connectivity index (χ1v) is 5.97. The molecule has 0 saturated carbocycles. The Bertz CT molecular complexity index is 506. The normalized spacial score (nSPS) is 10.4. The highest BCUT2D eigenvalue weighted by atomic mass is 16.5. The molecule has 0 saturated heterocycles. The molecule has 0 aliphatic carbocycles. The third kappa shape index (κ3) is 4.24. The summed E-state index contributed by atoms with van der Waals surface area (Å²) in [7, 11) is 0. The van der Waals surface area contributed by atoms with Crippen LogP contribution < -0.4 is 11.1 Å². The fourth-order valence-corrected chi connectivity index (χ4v) is 1.56. The van der Waals surface area contributed by atoms with Crippen LogP contribution in [0, 0.1) is 0 Å². The molecule has 3 N–H and O–H groups in total. The van der Waals surface area contributed by atoms with Gasteiger partial charge in [0, 0.05) is 12.2 Å². The van der Waals surface area contributed by atoms with Gasteiger partial charge in [0.25, 0.3) is 0 Å². The highest BCUT2D eigenvalue weighted by Gasteiger charge is 2.03. The number of amides is 1. The maximum atomic E-state index is 11.6. The molecule has 2 rings (SSSR count). The van der Waals surface area contributed by atoms with Gasteiger partial charge in [-0.05, 0) is 29.8 Å². The summed E-state index contributed by atoms with van der Waals surface area (Å²) in [5.41, 5.74) is 7.24. The molecular weight excluding hydrogens is 244 g/mol. The SMILES string of the molecule is NCc1ccc(NC(=O)COCc2ccco2)cc1. The average molecular weight is 260 g/mol. The molecule has 0 fully saturated rings. The number of anilines is 1. The summed E-state index contributed by atoms with van der Waals surface area (Å²) in [6.07, 6.45) is 1.57. The van der Waals surface area contributed by atoms with E-state index in [1.54, 1.807) is 18.4 Å². The molecule has 1 heterocycles. The third-order valence-electron chi connectivity index (χ3n) is 2.53. The Balaban J connectivity index is 1.74. The Morgan fingerprint density at radius 3 is 2.68 bits per heavy atom. The Hall–Kier alpha value is -2.11. The van der Waals surface area contributed by atoms with Gasteiger partial charge in [0.2, 0.25) is 5.91 Å². The molecule has 0 aliphatic heterocycles. The van der Waals surface area contributed by atoms with E-state index in [4.69, 9.17) is 14.9 Å². The lowest BCUT2D eigenvalue weighted by atomic mass is 10.2. The molecule has 0 aliphatic rings. The second kappa shape index (κ2) is 6.72. The van der Waals surface area contributed by atoms with Crippen molar-refractivity contribution >= 4 is 11.6 Å². The topological polar surface area (TPSA) is 77.5 Å². The van der Waals surface area contributed by atoms with Crippen LogP contribution in [0.3, 0.4) is 0 Å². The van der Waals surface area contributed by atoms with E-state index in [1.165, 1.54) is 0 Å². The van der Waals surface area contributed by atoms with Crippen molar-refractivity contribution < 1.29 is 13.9 Å².